The van der Waals surface area contributed by atoms with Crippen molar-refractivity contribution >= 4 is 27.3 Å². The van der Waals surface area contributed by atoms with Crippen LogP contribution in [0.1, 0.15) is 35.7 Å². The van der Waals surface area contributed by atoms with Gasteiger partial charge in [0.25, 0.3) is 10.0 Å². The number of carbonyl (C=O) groups excluding carboxylic acids is 1. The van der Waals surface area contributed by atoms with Crippen LogP contribution < -0.4 is 5.73 Å². The summed E-state index contributed by atoms with van der Waals surface area (Å²) in [4.78, 5) is 11.2. The number of primary amides is 1. The van der Waals surface area contributed by atoms with Gasteiger partial charge in [0.1, 0.15) is 4.21 Å². The van der Waals surface area contributed by atoms with Gasteiger partial charge in [0.05, 0.1) is 5.56 Å². The maximum atomic E-state index is 12.9. The van der Waals surface area contributed by atoms with Crippen LogP contribution >= 0.6 is 11.3 Å². The van der Waals surface area contributed by atoms with Crippen LogP contribution in [-0.4, -0.2) is 31.7 Å². The Morgan fingerprint density at radius 1 is 1.29 bits per heavy atom. The van der Waals surface area contributed by atoms with Crippen LogP contribution in [0.25, 0.3) is 0 Å². The van der Waals surface area contributed by atoms with E-state index in [1.807, 2.05) is 30.3 Å². The molecule has 3 rings (SSSR count). The second-order valence-electron chi connectivity index (χ2n) is 6.77. The summed E-state index contributed by atoms with van der Waals surface area (Å²) in [5.74, 6) is -0.485. The lowest BCUT2D eigenvalue weighted by Gasteiger charge is -2.25. The molecule has 0 unspecified atom stereocenters. The second-order valence-corrected chi connectivity index (χ2v) is 9.84. The molecule has 2 N–H and O–H groups in total. The van der Waals surface area contributed by atoms with Crippen molar-refractivity contribution in [3.05, 3.63) is 52.9 Å². The number of nitrogens with zero attached hydrogens (tertiary/aromatic N) is 1. The molecule has 1 aromatic heterocycles. The van der Waals surface area contributed by atoms with Crippen molar-refractivity contribution in [2.24, 2.45) is 11.1 Å². The van der Waals surface area contributed by atoms with E-state index in [4.69, 9.17) is 5.73 Å². The van der Waals surface area contributed by atoms with Crippen LogP contribution in [0.4, 0.5) is 0 Å². The molecule has 7 heteroatoms. The van der Waals surface area contributed by atoms with Crippen molar-refractivity contribution in [3.63, 3.8) is 0 Å². The normalized spacial score (nSPS) is 21.0. The molecule has 1 aromatic carbocycles. The monoisotopic (exact) mass is 364 g/mol. The first-order chi connectivity index (χ1) is 11.2. The Morgan fingerprint density at radius 3 is 2.54 bits per heavy atom. The highest BCUT2D eigenvalue weighted by molar-refractivity contribution is 7.91. The van der Waals surface area contributed by atoms with Gasteiger partial charge >= 0.3 is 0 Å². The lowest BCUT2D eigenvalue weighted by Crippen LogP contribution is -2.29. The van der Waals surface area contributed by atoms with Crippen molar-refractivity contribution in [2.45, 2.75) is 24.0 Å². The SMILES string of the molecule is CC1(C)CN(S(=O)(=O)c2cc(C(N)=O)cs2)C[C@H]1c1ccccc1. The molecular formula is C17H20N2O3S2. The first-order valence-electron chi connectivity index (χ1n) is 7.65. The number of hydrogen-bond donors (Lipinski definition) is 1. The molecule has 0 aliphatic carbocycles. The molecule has 0 saturated carbocycles. The Labute approximate surface area is 146 Å². The molecule has 0 radical (unpaired) electrons. The van der Waals surface area contributed by atoms with Crippen LogP contribution in [-0.2, 0) is 10.0 Å². The Balaban J connectivity index is 1.91. The molecule has 1 atom stereocenters. The molecule has 128 valence electrons. The van der Waals surface area contributed by atoms with Crippen LogP contribution in [0.3, 0.4) is 0 Å². The zero-order valence-electron chi connectivity index (χ0n) is 13.6. The minimum Gasteiger partial charge on any atom is -0.366 e. The third kappa shape index (κ3) is 2.99. The molecule has 2 heterocycles. The van der Waals surface area contributed by atoms with Crippen LogP contribution in [0, 0.1) is 5.41 Å². The summed E-state index contributed by atoms with van der Waals surface area (Å²) in [5, 5.41) is 1.49. The maximum absolute atomic E-state index is 12.9. The van der Waals surface area contributed by atoms with Gasteiger partial charge in [-0.3, -0.25) is 4.79 Å². The first kappa shape index (κ1) is 17.1. The first-order valence-corrected chi connectivity index (χ1v) is 9.97. The molecule has 1 aliphatic rings. The number of rotatable bonds is 4. The van der Waals surface area contributed by atoms with Crippen molar-refractivity contribution in [3.8, 4) is 0 Å². The standard InChI is InChI=1S/C17H20N2O3S2/c1-17(2)11-19(9-14(17)12-6-4-3-5-7-12)24(21,22)15-8-13(10-23-15)16(18)20/h3-8,10,14H,9,11H2,1-2H3,(H2,18,20)/t14-/m0/s1. The van der Waals surface area contributed by atoms with Gasteiger partial charge in [0.15, 0.2) is 0 Å². The van der Waals surface area contributed by atoms with E-state index in [9.17, 15) is 13.2 Å². The predicted molar refractivity (Wildman–Crippen MR) is 94.6 cm³/mol. The Kier molecular flexibility index (Phi) is 4.27. The number of nitrogens with two attached hydrogens (primary N) is 1. The van der Waals surface area contributed by atoms with Gasteiger partial charge in [-0.25, -0.2) is 8.42 Å². The quantitative estimate of drug-likeness (QED) is 0.906. The van der Waals surface area contributed by atoms with Gasteiger partial charge in [0.2, 0.25) is 5.91 Å². The van der Waals surface area contributed by atoms with Crippen molar-refractivity contribution in [1.29, 1.82) is 0 Å². The van der Waals surface area contributed by atoms with E-state index in [0.29, 0.717) is 13.1 Å². The number of hydrogen-bond acceptors (Lipinski definition) is 4. The van der Waals surface area contributed by atoms with E-state index in [1.54, 1.807) is 0 Å². The lowest BCUT2D eigenvalue weighted by molar-refractivity contribution is 0.100. The molecule has 5 nitrogen and oxygen atoms in total. The summed E-state index contributed by atoms with van der Waals surface area (Å²) in [5.41, 5.74) is 6.43. The van der Waals surface area contributed by atoms with Gasteiger partial charge in [-0.15, -0.1) is 11.3 Å². The summed E-state index contributed by atoms with van der Waals surface area (Å²) in [6, 6.07) is 11.3. The Hall–Kier alpha value is -1.70. The minimum atomic E-state index is -3.62. The fourth-order valence-electron chi connectivity index (χ4n) is 3.21. The fraction of sp³-hybridized carbons (Fsp3) is 0.353. The van der Waals surface area contributed by atoms with Crippen molar-refractivity contribution in [1.82, 2.24) is 4.31 Å². The zero-order chi connectivity index (χ0) is 17.5. The number of thiophene rings is 1. The summed E-state index contributed by atoms with van der Waals surface area (Å²) < 4.78 is 27.5. The predicted octanol–water partition coefficient (Wildman–Crippen LogP) is 2.66. The number of benzene rings is 1. The van der Waals surface area contributed by atoms with E-state index in [2.05, 4.69) is 13.8 Å². The average molecular weight is 364 g/mol. The summed E-state index contributed by atoms with van der Waals surface area (Å²) in [6.07, 6.45) is 0. The smallest absolute Gasteiger partial charge is 0.252 e. The van der Waals surface area contributed by atoms with Crippen LogP contribution in [0.5, 0.6) is 0 Å². The third-order valence-corrected chi connectivity index (χ3v) is 7.80. The summed E-state index contributed by atoms with van der Waals surface area (Å²) >= 11 is 1.04. The van der Waals surface area contributed by atoms with E-state index in [0.717, 1.165) is 16.9 Å². The lowest BCUT2D eigenvalue weighted by atomic mass is 9.78. The topological polar surface area (TPSA) is 80.5 Å². The highest BCUT2D eigenvalue weighted by Crippen LogP contribution is 2.44. The van der Waals surface area contributed by atoms with Gasteiger partial charge in [-0.05, 0) is 17.0 Å². The third-order valence-electron chi connectivity index (χ3n) is 4.57. The number of amides is 1. The largest absolute Gasteiger partial charge is 0.366 e. The van der Waals surface area contributed by atoms with E-state index in [1.165, 1.54) is 15.8 Å². The van der Waals surface area contributed by atoms with Gasteiger partial charge in [-0.2, -0.15) is 4.31 Å². The molecule has 1 fully saturated rings. The highest BCUT2D eigenvalue weighted by atomic mass is 32.2. The maximum Gasteiger partial charge on any atom is 0.252 e. The van der Waals surface area contributed by atoms with Crippen molar-refractivity contribution in [2.75, 3.05) is 13.1 Å². The zero-order valence-corrected chi connectivity index (χ0v) is 15.2. The second kappa shape index (κ2) is 5.98. The molecule has 1 amide bonds. The van der Waals surface area contributed by atoms with Gasteiger partial charge in [-0.1, -0.05) is 44.2 Å². The Bertz CT molecular complexity index is 857. The van der Waals surface area contributed by atoms with Crippen molar-refractivity contribution < 1.29 is 13.2 Å². The van der Waals surface area contributed by atoms with Crippen LogP contribution in [0.15, 0.2) is 46.0 Å². The highest BCUT2D eigenvalue weighted by Gasteiger charge is 2.45. The molecular weight excluding hydrogens is 344 g/mol. The van der Waals surface area contributed by atoms with E-state index >= 15 is 0 Å². The minimum absolute atomic E-state index is 0.129. The molecule has 1 saturated heterocycles. The number of sulfonamides is 1. The van der Waals surface area contributed by atoms with E-state index in [-0.39, 0.29) is 21.1 Å². The van der Waals surface area contributed by atoms with Gasteiger partial charge < -0.3 is 5.73 Å². The van der Waals surface area contributed by atoms with Crippen LogP contribution in [0.2, 0.25) is 0 Å². The molecule has 0 bridgehead atoms. The van der Waals surface area contributed by atoms with E-state index < -0.39 is 15.9 Å². The molecule has 1 aliphatic heterocycles. The summed E-state index contributed by atoms with van der Waals surface area (Å²) in [7, 11) is -3.62. The summed E-state index contributed by atoms with van der Waals surface area (Å²) in [6.45, 7) is 5.05. The number of carbonyl (C=O) groups is 1. The fourth-order valence-corrected chi connectivity index (χ4v) is 6.16. The Morgan fingerprint density at radius 2 is 1.96 bits per heavy atom. The molecule has 2 aromatic rings. The average Bonchev–Trinajstić information content (AvgIpc) is 3.13. The molecule has 0 spiro atoms. The molecule has 24 heavy (non-hydrogen) atoms. The van der Waals surface area contributed by atoms with Gasteiger partial charge in [0, 0.05) is 24.4 Å².